The number of imidazole rings is 1. The highest BCUT2D eigenvalue weighted by atomic mass is 35.5. The number of nitrogens with zero attached hydrogens (tertiary/aromatic N) is 3. The van der Waals surface area contributed by atoms with Gasteiger partial charge in [-0.1, -0.05) is 11.6 Å². The minimum absolute atomic E-state index is 0.358. The standard InChI is InChI=1S/C13H18ClN5OS/c1-15-13(18-8-12-16-5-6-19(12)2)17-7-9(20)10-3-4-11(14)21-10/h3-6,9,20H,7-8H2,1-2H3,(H2,15,17,18). The predicted octanol–water partition coefficient (Wildman–Crippen LogP) is 1.53. The van der Waals surface area contributed by atoms with Crippen LogP contribution in [0.15, 0.2) is 29.5 Å². The maximum Gasteiger partial charge on any atom is 0.191 e. The zero-order valence-corrected chi connectivity index (χ0v) is 13.4. The zero-order valence-electron chi connectivity index (χ0n) is 11.9. The second-order valence-electron chi connectivity index (χ2n) is 4.42. The molecular weight excluding hydrogens is 310 g/mol. The summed E-state index contributed by atoms with van der Waals surface area (Å²) in [5, 5.41) is 16.3. The Morgan fingerprint density at radius 3 is 2.90 bits per heavy atom. The summed E-state index contributed by atoms with van der Waals surface area (Å²) in [5.74, 6) is 1.52. The number of guanidine groups is 1. The highest BCUT2D eigenvalue weighted by Gasteiger charge is 2.11. The fraction of sp³-hybridized carbons (Fsp3) is 0.385. The molecule has 0 aromatic carbocycles. The zero-order chi connectivity index (χ0) is 15.2. The van der Waals surface area contributed by atoms with Crippen molar-refractivity contribution in [2.75, 3.05) is 13.6 Å². The molecule has 2 aromatic heterocycles. The van der Waals surface area contributed by atoms with Gasteiger partial charge in [-0.05, 0) is 12.1 Å². The topological polar surface area (TPSA) is 74.5 Å². The van der Waals surface area contributed by atoms with Gasteiger partial charge in [-0.3, -0.25) is 4.99 Å². The predicted molar refractivity (Wildman–Crippen MR) is 85.7 cm³/mol. The summed E-state index contributed by atoms with van der Waals surface area (Å²) in [7, 11) is 3.62. The van der Waals surface area contributed by atoms with E-state index in [2.05, 4.69) is 20.6 Å². The second-order valence-corrected chi connectivity index (χ2v) is 6.17. The highest BCUT2D eigenvalue weighted by Crippen LogP contribution is 2.26. The van der Waals surface area contributed by atoms with E-state index in [1.54, 1.807) is 19.3 Å². The molecule has 0 saturated carbocycles. The van der Waals surface area contributed by atoms with Crippen LogP contribution in [0.2, 0.25) is 4.34 Å². The van der Waals surface area contributed by atoms with Gasteiger partial charge in [0.15, 0.2) is 5.96 Å². The van der Waals surface area contributed by atoms with Crippen LogP contribution < -0.4 is 10.6 Å². The van der Waals surface area contributed by atoms with Crippen molar-refractivity contribution in [2.45, 2.75) is 12.6 Å². The summed E-state index contributed by atoms with van der Waals surface area (Å²) in [4.78, 5) is 9.16. The average molecular weight is 328 g/mol. The molecule has 114 valence electrons. The van der Waals surface area contributed by atoms with Gasteiger partial charge in [-0.2, -0.15) is 0 Å². The van der Waals surface area contributed by atoms with Crippen LogP contribution >= 0.6 is 22.9 Å². The monoisotopic (exact) mass is 327 g/mol. The lowest BCUT2D eigenvalue weighted by atomic mass is 10.3. The molecule has 1 atom stereocenters. The third-order valence-corrected chi connectivity index (χ3v) is 4.28. The van der Waals surface area contributed by atoms with Crippen LogP contribution in [0.5, 0.6) is 0 Å². The number of aromatic nitrogens is 2. The molecule has 0 saturated heterocycles. The molecule has 2 aromatic rings. The van der Waals surface area contributed by atoms with Crippen LogP contribution in [0.3, 0.4) is 0 Å². The van der Waals surface area contributed by atoms with Gasteiger partial charge < -0.3 is 20.3 Å². The van der Waals surface area contributed by atoms with E-state index in [0.717, 1.165) is 10.7 Å². The van der Waals surface area contributed by atoms with E-state index < -0.39 is 6.10 Å². The smallest absolute Gasteiger partial charge is 0.191 e. The van der Waals surface area contributed by atoms with Crippen molar-refractivity contribution in [3.63, 3.8) is 0 Å². The molecule has 2 heterocycles. The Morgan fingerprint density at radius 2 is 2.33 bits per heavy atom. The Balaban J connectivity index is 1.81. The fourth-order valence-corrected chi connectivity index (χ4v) is 2.80. The van der Waals surface area contributed by atoms with Gasteiger partial charge in [0.25, 0.3) is 0 Å². The fourth-order valence-electron chi connectivity index (χ4n) is 1.75. The normalized spacial score (nSPS) is 13.2. The molecule has 21 heavy (non-hydrogen) atoms. The van der Waals surface area contributed by atoms with Gasteiger partial charge in [0.05, 0.1) is 10.9 Å². The molecule has 0 aliphatic heterocycles. The summed E-state index contributed by atoms with van der Waals surface area (Å²) >= 11 is 7.23. The molecule has 8 heteroatoms. The average Bonchev–Trinajstić information content (AvgIpc) is 3.08. The largest absolute Gasteiger partial charge is 0.386 e. The molecule has 0 aliphatic rings. The van der Waals surface area contributed by atoms with Gasteiger partial charge in [-0.25, -0.2) is 4.98 Å². The first-order chi connectivity index (χ1) is 10.1. The van der Waals surface area contributed by atoms with Crippen LogP contribution in [0.4, 0.5) is 0 Å². The minimum Gasteiger partial charge on any atom is -0.386 e. The van der Waals surface area contributed by atoms with Crippen LogP contribution in [0, 0.1) is 0 Å². The number of hydrogen-bond donors (Lipinski definition) is 3. The van der Waals surface area contributed by atoms with Gasteiger partial charge in [0.2, 0.25) is 0 Å². The lowest BCUT2D eigenvalue weighted by Crippen LogP contribution is -2.39. The number of nitrogens with one attached hydrogen (secondary N) is 2. The van der Waals surface area contributed by atoms with E-state index in [-0.39, 0.29) is 0 Å². The molecule has 0 spiro atoms. The molecule has 0 aliphatic carbocycles. The summed E-state index contributed by atoms with van der Waals surface area (Å²) in [5.41, 5.74) is 0. The number of rotatable bonds is 5. The number of thiophene rings is 1. The number of halogens is 1. The Bertz CT molecular complexity index is 609. The third kappa shape index (κ3) is 4.45. The first kappa shape index (κ1) is 15.8. The number of hydrogen-bond acceptors (Lipinski definition) is 4. The third-order valence-electron chi connectivity index (χ3n) is 2.94. The highest BCUT2D eigenvalue weighted by molar-refractivity contribution is 7.16. The molecular formula is C13H18ClN5OS. The summed E-state index contributed by atoms with van der Waals surface area (Å²) in [6.45, 7) is 0.918. The Labute approximate surface area is 132 Å². The van der Waals surface area contributed by atoms with Gasteiger partial charge >= 0.3 is 0 Å². The Kier molecular flexibility index (Phi) is 5.60. The van der Waals surface area contributed by atoms with E-state index >= 15 is 0 Å². The quantitative estimate of drug-likeness (QED) is 0.575. The van der Waals surface area contributed by atoms with Crippen molar-refractivity contribution >= 4 is 28.9 Å². The lowest BCUT2D eigenvalue weighted by molar-refractivity contribution is 0.184. The van der Waals surface area contributed by atoms with Crippen LogP contribution in [-0.4, -0.2) is 34.2 Å². The van der Waals surface area contributed by atoms with Crippen LogP contribution in [0.25, 0.3) is 0 Å². The number of aliphatic hydroxyl groups excluding tert-OH is 1. The van der Waals surface area contributed by atoms with Crippen molar-refractivity contribution in [2.24, 2.45) is 12.0 Å². The molecule has 0 amide bonds. The second kappa shape index (κ2) is 7.44. The molecule has 0 fully saturated rings. The molecule has 1 unspecified atom stereocenters. The molecule has 3 N–H and O–H groups in total. The summed E-state index contributed by atoms with van der Waals surface area (Å²) < 4.78 is 2.60. The molecule has 0 bridgehead atoms. The Morgan fingerprint density at radius 1 is 1.52 bits per heavy atom. The van der Waals surface area contributed by atoms with E-state index in [0.29, 0.717) is 23.4 Å². The number of aliphatic imine (C=N–C) groups is 1. The maximum atomic E-state index is 10.1. The SMILES string of the molecule is CN=C(NCc1nccn1C)NCC(O)c1ccc(Cl)s1. The lowest BCUT2D eigenvalue weighted by Gasteiger charge is -2.14. The van der Waals surface area contributed by atoms with Crippen molar-refractivity contribution < 1.29 is 5.11 Å². The number of aryl methyl sites for hydroxylation is 1. The van der Waals surface area contributed by atoms with E-state index in [1.807, 2.05) is 23.9 Å². The summed E-state index contributed by atoms with van der Waals surface area (Å²) in [6.07, 6.45) is 3.02. The van der Waals surface area contributed by atoms with Gasteiger partial charge in [-0.15, -0.1) is 11.3 Å². The first-order valence-electron chi connectivity index (χ1n) is 6.44. The first-order valence-corrected chi connectivity index (χ1v) is 7.63. The Hall–Kier alpha value is -1.57. The molecule has 2 rings (SSSR count). The minimum atomic E-state index is -0.616. The summed E-state index contributed by atoms with van der Waals surface area (Å²) in [6, 6.07) is 3.60. The van der Waals surface area contributed by atoms with Crippen molar-refractivity contribution in [1.82, 2.24) is 20.2 Å². The van der Waals surface area contributed by atoms with E-state index in [1.165, 1.54) is 11.3 Å². The van der Waals surface area contributed by atoms with Crippen LogP contribution in [-0.2, 0) is 13.6 Å². The maximum absolute atomic E-state index is 10.1. The molecule has 6 nitrogen and oxygen atoms in total. The van der Waals surface area contributed by atoms with E-state index in [4.69, 9.17) is 11.6 Å². The van der Waals surface area contributed by atoms with Crippen molar-refractivity contribution in [1.29, 1.82) is 0 Å². The van der Waals surface area contributed by atoms with Gasteiger partial charge in [0, 0.05) is 37.9 Å². The number of aliphatic hydroxyl groups is 1. The van der Waals surface area contributed by atoms with Crippen LogP contribution in [0.1, 0.15) is 16.8 Å². The van der Waals surface area contributed by atoms with Crippen molar-refractivity contribution in [3.8, 4) is 0 Å². The molecule has 0 radical (unpaired) electrons. The van der Waals surface area contributed by atoms with E-state index in [9.17, 15) is 5.11 Å². The van der Waals surface area contributed by atoms with Crippen molar-refractivity contribution in [3.05, 3.63) is 39.6 Å². The van der Waals surface area contributed by atoms with Gasteiger partial charge in [0.1, 0.15) is 11.9 Å².